The molecule has 0 amide bonds. The van der Waals surface area contributed by atoms with E-state index >= 15 is 0 Å². The summed E-state index contributed by atoms with van der Waals surface area (Å²) in [4.78, 5) is 0. The molecule has 0 bridgehead atoms. The molecule has 1 aliphatic rings. The van der Waals surface area contributed by atoms with Gasteiger partial charge in [0.25, 0.3) is 0 Å². The molecule has 1 aliphatic carbocycles. The molecule has 1 fully saturated rings. The second kappa shape index (κ2) is 6.67. The summed E-state index contributed by atoms with van der Waals surface area (Å²) in [5.74, 6) is 2.75. The Kier molecular flexibility index (Phi) is 5.47. The Bertz CT molecular complexity index is 226. The van der Waals surface area contributed by atoms with Gasteiger partial charge in [-0.15, -0.1) is 0 Å². The van der Waals surface area contributed by atoms with Crippen LogP contribution in [0, 0.1) is 29.1 Å². The molecule has 0 radical (unpaired) electrons. The quantitative estimate of drug-likeness (QED) is 0.627. The van der Waals surface area contributed by atoms with Gasteiger partial charge in [0, 0.05) is 6.08 Å². The fraction of sp³-hybridized carbons (Fsp3) is 0.786. The van der Waals surface area contributed by atoms with Crippen LogP contribution in [-0.2, 0) is 0 Å². The van der Waals surface area contributed by atoms with E-state index in [1.165, 1.54) is 32.1 Å². The first-order chi connectivity index (χ1) is 7.24. The van der Waals surface area contributed by atoms with E-state index in [1.54, 1.807) is 6.08 Å². The van der Waals surface area contributed by atoms with E-state index in [-0.39, 0.29) is 0 Å². The van der Waals surface area contributed by atoms with Crippen LogP contribution in [-0.4, -0.2) is 0 Å². The lowest BCUT2D eigenvalue weighted by Crippen LogP contribution is -2.18. The third-order valence-electron chi connectivity index (χ3n) is 3.77. The average Bonchev–Trinajstić information content (AvgIpc) is 2.25. The number of rotatable bonds is 4. The van der Waals surface area contributed by atoms with Gasteiger partial charge in [-0.25, -0.2) is 0 Å². The van der Waals surface area contributed by atoms with Crippen molar-refractivity contribution in [3.05, 3.63) is 12.2 Å². The number of allylic oxidation sites excluding steroid dienone is 2. The topological polar surface area (TPSA) is 23.8 Å². The molecule has 0 aromatic rings. The van der Waals surface area contributed by atoms with Gasteiger partial charge in [0.05, 0.1) is 6.07 Å². The van der Waals surface area contributed by atoms with Gasteiger partial charge in [0.15, 0.2) is 0 Å². The van der Waals surface area contributed by atoms with Crippen LogP contribution < -0.4 is 0 Å². The third-order valence-corrected chi connectivity index (χ3v) is 3.77. The maximum atomic E-state index is 8.36. The Balaban J connectivity index is 2.15. The van der Waals surface area contributed by atoms with Gasteiger partial charge >= 0.3 is 0 Å². The second-order valence-corrected chi connectivity index (χ2v) is 5.13. The number of hydrogen-bond acceptors (Lipinski definition) is 1. The molecule has 0 spiro atoms. The Morgan fingerprint density at radius 3 is 2.47 bits per heavy atom. The molecule has 0 aromatic heterocycles. The second-order valence-electron chi connectivity index (χ2n) is 5.13. The highest BCUT2D eigenvalue weighted by Gasteiger charge is 2.22. The van der Waals surface area contributed by atoms with Crippen LogP contribution in [0.1, 0.15) is 52.4 Å². The van der Waals surface area contributed by atoms with Crippen LogP contribution in [0.25, 0.3) is 0 Å². The molecular formula is C14H23N. The van der Waals surface area contributed by atoms with Gasteiger partial charge in [-0.1, -0.05) is 32.8 Å². The molecule has 15 heavy (non-hydrogen) atoms. The standard InChI is InChI=1S/C14H23N/c1-12(2)14-9-7-13(8-10-14)6-4-3-5-11-15/h3,5,12-14H,4,6-10H2,1-2H3/b5-3+. The van der Waals surface area contributed by atoms with Gasteiger partial charge in [0.1, 0.15) is 0 Å². The summed E-state index contributed by atoms with van der Waals surface area (Å²) in [5, 5.41) is 8.36. The molecule has 1 nitrogen and oxygen atoms in total. The predicted molar refractivity (Wildman–Crippen MR) is 64.3 cm³/mol. The number of nitrogens with zero attached hydrogens (tertiary/aromatic N) is 1. The van der Waals surface area contributed by atoms with Gasteiger partial charge in [-0.3, -0.25) is 0 Å². The SMILES string of the molecule is CC(C)C1CCC(CC/C=C/C#N)CC1. The molecule has 0 unspecified atom stereocenters. The molecule has 0 aliphatic heterocycles. The highest BCUT2D eigenvalue weighted by Crippen LogP contribution is 2.35. The largest absolute Gasteiger partial charge is 0.193 e. The summed E-state index contributed by atoms with van der Waals surface area (Å²) in [7, 11) is 0. The predicted octanol–water partition coefficient (Wildman–Crippen LogP) is 4.31. The summed E-state index contributed by atoms with van der Waals surface area (Å²) >= 11 is 0. The van der Waals surface area contributed by atoms with Crippen LogP contribution >= 0.6 is 0 Å². The third kappa shape index (κ3) is 4.51. The molecule has 0 heterocycles. The zero-order valence-electron chi connectivity index (χ0n) is 10.1. The van der Waals surface area contributed by atoms with Crippen molar-refractivity contribution in [1.29, 1.82) is 5.26 Å². The van der Waals surface area contributed by atoms with E-state index < -0.39 is 0 Å². The van der Waals surface area contributed by atoms with Gasteiger partial charge in [-0.05, 0) is 43.4 Å². The zero-order chi connectivity index (χ0) is 11.1. The van der Waals surface area contributed by atoms with E-state index in [2.05, 4.69) is 13.8 Å². The number of nitriles is 1. The van der Waals surface area contributed by atoms with Gasteiger partial charge in [0.2, 0.25) is 0 Å². The highest BCUT2D eigenvalue weighted by atomic mass is 14.3. The molecule has 1 heteroatoms. The Labute approximate surface area is 94.2 Å². The summed E-state index contributed by atoms with van der Waals surface area (Å²) < 4.78 is 0. The molecule has 0 N–H and O–H groups in total. The molecule has 1 rings (SSSR count). The summed E-state index contributed by atoms with van der Waals surface area (Å²) in [6, 6.07) is 2.05. The number of hydrogen-bond donors (Lipinski definition) is 0. The van der Waals surface area contributed by atoms with E-state index in [4.69, 9.17) is 5.26 Å². The van der Waals surface area contributed by atoms with E-state index in [9.17, 15) is 0 Å². The summed E-state index contributed by atoms with van der Waals surface area (Å²) in [6.45, 7) is 4.70. The van der Waals surface area contributed by atoms with Crippen molar-refractivity contribution in [3.8, 4) is 6.07 Å². The lowest BCUT2D eigenvalue weighted by Gasteiger charge is -2.30. The fourth-order valence-electron chi connectivity index (χ4n) is 2.61. The van der Waals surface area contributed by atoms with E-state index in [1.807, 2.05) is 12.1 Å². The van der Waals surface area contributed by atoms with Crippen molar-refractivity contribution in [3.63, 3.8) is 0 Å². The lowest BCUT2D eigenvalue weighted by molar-refractivity contribution is 0.218. The smallest absolute Gasteiger partial charge is 0.0908 e. The molecule has 1 saturated carbocycles. The molecule has 0 aromatic carbocycles. The first-order valence-electron chi connectivity index (χ1n) is 6.28. The summed E-state index contributed by atoms with van der Waals surface area (Å²) in [6.07, 6.45) is 11.6. The molecule has 0 atom stereocenters. The minimum atomic E-state index is 0.865. The van der Waals surface area contributed by atoms with E-state index in [0.717, 1.165) is 24.2 Å². The van der Waals surface area contributed by atoms with Crippen LogP contribution in [0.4, 0.5) is 0 Å². The van der Waals surface area contributed by atoms with Crippen molar-refractivity contribution in [1.82, 2.24) is 0 Å². The average molecular weight is 205 g/mol. The fourth-order valence-corrected chi connectivity index (χ4v) is 2.61. The van der Waals surface area contributed by atoms with Crippen LogP contribution in [0.3, 0.4) is 0 Å². The van der Waals surface area contributed by atoms with Crippen molar-refractivity contribution in [2.45, 2.75) is 52.4 Å². The lowest BCUT2D eigenvalue weighted by atomic mass is 9.76. The van der Waals surface area contributed by atoms with Crippen LogP contribution in [0.15, 0.2) is 12.2 Å². The Morgan fingerprint density at radius 2 is 1.93 bits per heavy atom. The van der Waals surface area contributed by atoms with Crippen molar-refractivity contribution >= 4 is 0 Å². The van der Waals surface area contributed by atoms with Crippen molar-refractivity contribution in [2.75, 3.05) is 0 Å². The van der Waals surface area contributed by atoms with Crippen molar-refractivity contribution in [2.24, 2.45) is 17.8 Å². The maximum absolute atomic E-state index is 8.36. The minimum absolute atomic E-state index is 0.865. The first kappa shape index (κ1) is 12.3. The Morgan fingerprint density at radius 1 is 1.27 bits per heavy atom. The molecule has 84 valence electrons. The normalized spacial score (nSPS) is 27.1. The zero-order valence-corrected chi connectivity index (χ0v) is 10.1. The van der Waals surface area contributed by atoms with Crippen LogP contribution in [0.5, 0.6) is 0 Å². The minimum Gasteiger partial charge on any atom is -0.193 e. The van der Waals surface area contributed by atoms with Crippen molar-refractivity contribution < 1.29 is 0 Å². The first-order valence-corrected chi connectivity index (χ1v) is 6.28. The monoisotopic (exact) mass is 205 g/mol. The molecule has 0 saturated heterocycles. The van der Waals surface area contributed by atoms with E-state index in [0.29, 0.717) is 0 Å². The van der Waals surface area contributed by atoms with Gasteiger partial charge < -0.3 is 0 Å². The van der Waals surface area contributed by atoms with Crippen LogP contribution in [0.2, 0.25) is 0 Å². The van der Waals surface area contributed by atoms with Gasteiger partial charge in [-0.2, -0.15) is 5.26 Å². The summed E-state index contributed by atoms with van der Waals surface area (Å²) in [5.41, 5.74) is 0. The maximum Gasteiger partial charge on any atom is 0.0908 e. The molecular weight excluding hydrogens is 182 g/mol. The highest BCUT2D eigenvalue weighted by molar-refractivity contribution is 5.01. The Hall–Kier alpha value is -0.770.